The lowest BCUT2D eigenvalue weighted by Gasteiger charge is -2.12. The summed E-state index contributed by atoms with van der Waals surface area (Å²) in [6, 6.07) is 25.9. The Morgan fingerprint density at radius 2 is 1.38 bits per heavy atom. The number of H-pyrrole nitrogens is 1. The molecule has 4 N–H and O–H groups in total. The van der Waals surface area contributed by atoms with Crippen molar-refractivity contribution < 1.29 is 9.59 Å². The van der Waals surface area contributed by atoms with Gasteiger partial charge in [-0.1, -0.05) is 49.0 Å². The molecule has 2 amide bonds. The van der Waals surface area contributed by atoms with Crippen LogP contribution in [0.25, 0.3) is 28.2 Å². The van der Waals surface area contributed by atoms with Crippen molar-refractivity contribution in [1.29, 1.82) is 0 Å². The number of nitrogens with zero attached hydrogens (tertiary/aromatic N) is 3. The van der Waals surface area contributed by atoms with Crippen LogP contribution in [0.5, 0.6) is 0 Å². The number of carbonyl (C=O) groups excluding carboxylic acids is 2. The number of benzene rings is 2. The molecule has 2 aromatic carbocycles. The van der Waals surface area contributed by atoms with Gasteiger partial charge in [-0.25, -0.2) is 15.0 Å². The van der Waals surface area contributed by atoms with E-state index in [1.165, 1.54) is 0 Å². The Hall–Kier alpha value is -5.31. The zero-order valence-corrected chi connectivity index (χ0v) is 21.4. The minimum Gasteiger partial charge on any atom is -0.354 e. The van der Waals surface area contributed by atoms with E-state index in [9.17, 15) is 9.59 Å². The Balaban J connectivity index is 1.14. The quantitative estimate of drug-likeness (QED) is 0.212. The minimum absolute atomic E-state index is 0.224. The molecular weight excluding hydrogens is 490 g/mol. The van der Waals surface area contributed by atoms with Crippen LogP contribution in [0.1, 0.15) is 32.2 Å². The number of amides is 2. The Bertz CT molecular complexity index is 1640. The van der Waals surface area contributed by atoms with Gasteiger partial charge in [-0.3, -0.25) is 9.59 Å². The fourth-order valence-electron chi connectivity index (χ4n) is 3.97. The van der Waals surface area contributed by atoms with Crippen molar-refractivity contribution in [3.63, 3.8) is 0 Å². The summed E-state index contributed by atoms with van der Waals surface area (Å²) in [5, 5.41) is 8.81. The van der Waals surface area contributed by atoms with E-state index in [1.807, 2.05) is 55.5 Å². The highest BCUT2D eigenvalue weighted by Crippen LogP contribution is 2.20. The maximum absolute atomic E-state index is 12.7. The van der Waals surface area contributed by atoms with Gasteiger partial charge in [0.25, 0.3) is 11.8 Å². The molecule has 0 fully saturated rings. The second-order valence-electron chi connectivity index (χ2n) is 8.85. The molecule has 194 valence electrons. The zero-order chi connectivity index (χ0) is 27.2. The molecule has 0 saturated carbocycles. The molecule has 0 aliphatic rings. The molecule has 0 saturated heterocycles. The number of nitrogens with one attached hydrogen (secondary N) is 4. The van der Waals surface area contributed by atoms with E-state index in [4.69, 9.17) is 0 Å². The molecule has 0 spiro atoms. The molecule has 0 aliphatic heterocycles. The van der Waals surface area contributed by atoms with Crippen molar-refractivity contribution in [1.82, 2.24) is 30.6 Å². The van der Waals surface area contributed by atoms with Crippen LogP contribution in [0.3, 0.4) is 0 Å². The van der Waals surface area contributed by atoms with Crippen molar-refractivity contribution in [3.8, 4) is 11.5 Å². The van der Waals surface area contributed by atoms with Crippen LogP contribution in [0, 0.1) is 6.92 Å². The fraction of sp³-hybridized carbons (Fsp3) is 0.100. The molecule has 9 heteroatoms. The standard InChI is InChI=1S/C30H27N7O2/c1-19-9-3-4-10-21(19)33-20(2)22-13-7-15-26(34-22)29(38)31-17-18-32-30(39)27-16-8-14-25(35-27)28-36-23-11-5-6-12-24(23)37-28/h3-16,33H,2,17-18H2,1H3,(H,31,38)(H,32,39)(H,36,37). The van der Waals surface area contributed by atoms with Gasteiger partial charge in [0, 0.05) is 18.8 Å². The second kappa shape index (κ2) is 11.4. The Kier molecular flexibility index (Phi) is 7.40. The number of aromatic amines is 1. The predicted octanol–water partition coefficient (Wildman–Crippen LogP) is 4.57. The van der Waals surface area contributed by atoms with Gasteiger partial charge in [-0.15, -0.1) is 0 Å². The fourth-order valence-corrected chi connectivity index (χ4v) is 3.97. The van der Waals surface area contributed by atoms with Crippen molar-refractivity contribution in [2.24, 2.45) is 0 Å². The summed E-state index contributed by atoms with van der Waals surface area (Å²) in [6.45, 7) is 6.51. The van der Waals surface area contributed by atoms with E-state index in [1.54, 1.807) is 36.4 Å². The lowest BCUT2D eigenvalue weighted by atomic mass is 10.2. The van der Waals surface area contributed by atoms with E-state index in [0.29, 0.717) is 22.9 Å². The van der Waals surface area contributed by atoms with Gasteiger partial charge in [-0.05, 0) is 55.0 Å². The lowest BCUT2D eigenvalue weighted by Crippen LogP contribution is -2.35. The third-order valence-corrected chi connectivity index (χ3v) is 6.03. The first kappa shape index (κ1) is 25.3. The topological polar surface area (TPSA) is 125 Å². The van der Waals surface area contributed by atoms with Gasteiger partial charge in [0.2, 0.25) is 0 Å². The van der Waals surface area contributed by atoms with Gasteiger partial charge in [0.05, 0.1) is 22.4 Å². The third-order valence-electron chi connectivity index (χ3n) is 6.03. The maximum atomic E-state index is 12.7. The molecule has 5 aromatic rings. The van der Waals surface area contributed by atoms with E-state index in [-0.39, 0.29) is 36.3 Å². The van der Waals surface area contributed by atoms with Crippen molar-refractivity contribution >= 4 is 34.2 Å². The highest BCUT2D eigenvalue weighted by Gasteiger charge is 2.13. The zero-order valence-electron chi connectivity index (χ0n) is 21.4. The number of fused-ring (bicyclic) bond motifs is 1. The normalized spacial score (nSPS) is 10.7. The molecule has 3 aromatic heterocycles. The van der Waals surface area contributed by atoms with E-state index in [0.717, 1.165) is 22.3 Å². The number of imidazole rings is 1. The summed E-state index contributed by atoms with van der Waals surface area (Å²) in [7, 11) is 0. The monoisotopic (exact) mass is 517 g/mol. The number of carbonyl (C=O) groups is 2. The summed E-state index contributed by atoms with van der Waals surface area (Å²) >= 11 is 0. The summed E-state index contributed by atoms with van der Waals surface area (Å²) in [5.41, 5.74) is 5.95. The first-order chi connectivity index (χ1) is 19.0. The van der Waals surface area contributed by atoms with Crippen molar-refractivity contribution in [3.05, 3.63) is 114 Å². The molecular formula is C30H27N7O2. The van der Waals surface area contributed by atoms with E-state index >= 15 is 0 Å². The first-order valence-electron chi connectivity index (χ1n) is 12.5. The Morgan fingerprint density at radius 3 is 2.13 bits per heavy atom. The predicted molar refractivity (Wildman–Crippen MR) is 152 cm³/mol. The first-order valence-corrected chi connectivity index (χ1v) is 12.5. The summed E-state index contributed by atoms with van der Waals surface area (Å²) in [6.07, 6.45) is 0. The molecule has 5 rings (SSSR count). The maximum Gasteiger partial charge on any atom is 0.269 e. The molecule has 0 unspecified atom stereocenters. The minimum atomic E-state index is -0.347. The summed E-state index contributed by atoms with van der Waals surface area (Å²) in [5.74, 6) is -0.106. The van der Waals surface area contributed by atoms with Gasteiger partial charge in [-0.2, -0.15) is 0 Å². The molecule has 39 heavy (non-hydrogen) atoms. The van der Waals surface area contributed by atoms with Gasteiger partial charge in [0.1, 0.15) is 17.1 Å². The van der Waals surface area contributed by atoms with Crippen LogP contribution < -0.4 is 16.0 Å². The number of hydrogen-bond donors (Lipinski definition) is 4. The van der Waals surface area contributed by atoms with Crippen molar-refractivity contribution in [2.75, 3.05) is 18.4 Å². The summed E-state index contributed by atoms with van der Waals surface area (Å²) in [4.78, 5) is 42.0. The highest BCUT2D eigenvalue weighted by molar-refractivity contribution is 5.94. The number of pyridine rings is 2. The summed E-state index contributed by atoms with van der Waals surface area (Å²) < 4.78 is 0. The molecule has 3 heterocycles. The van der Waals surface area contributed by atoms with E-state index in [2.05, 4.69) is 42.5 Å². The van der Waals surface area contributed by atoms with E-state index < -0.39 is 0 Å². The molecule has 0 aliphatic carbocycles. The number of anilines is 1. The number of hydrogen-bond acceptors (Lipinski definition) is 6. The van der Waals surface area contributed by atoms with Gasteiger partial charge in [0.15, 0.2) is 5.82 Å². The molecule has 0 bridgehead atoms. The van der Waals surface area contributed by atoms with Crippen LogP contribution >= 0.6 is 0 Å². The van der Waals surface area contributed by atoms with Crippen molar-refractivity contribution in [2.45, 2.75) is 6.92 Å². The van der Waals surface area contributed by atoms with Crippen LogP contribution in [0.15, 0.2) is 91.5 Å². The Morgan fingerprint density at radius 1 is 0.744 bits per heavy atom. The van der Waals surface area contributed by atoms with Gasteiger partial charge >= 0.3 is 0 Å². The molecule has 9 nitrogen and oxygen atoms in total. The van der Waals surface area contributed by atoms with Gasteiger partial charge < -0.3 is 20.9 Å². The number of aromatic nitrogens is 4. The largest absolute Gasteiger partial charge is 0.354 e. The second-order valence-corrected chi connectivity index (χ2v) is 8.85. The average molecular weight is 518 g/mol. The van der Waals surface area contributed by atoms with Crippen LogP contribution in [0.4, 0.5) is 5.69 Å². The lowest BCUT2D eigenvalue weighted by molar-refractivity contribution is 0.0923. The molecule has 0 atom stereocenters. The third kappa shape index (κ3) is 5.99. The smallest absolute Gasteiger partial charge is 0.269 e. The number of rotatable bonds is 9. The van der Waals surface area contributed by atoms with Crippen LogP contribution in [-0.2, 0) is 0 Å². The van der Waals surface area contributed by atoms with Crippen LogP contribution in [0.2, 0.25) is 0 Å². The highest BCUT2D eigenvalue weighted by atomic mass is 16.2. The average Bonchev–Trinajstić information content (AvgIpc) is 3.41. The Labute approximate surface area is 225 Å². The molecule has 0 radical (unpaired) electrons. The number of para-hydroxylation sites is 3. The van der Waals surface area contributed by atoms with Crippen LogP contribution in [-0.4, -0.2) is 44.8 Å². The number of aryl methyl sites for hydroxylation is 1. The SMILES string of the molecule is C=C(Nc1ccccc1C)c1cccc(C(=O)NCCNC(=O)c2cccc(-c3nc4ccccc4[nH]3)n2)n1.